The minimum atomic E-state index is 0.414. The maximum atomic E-state index is 4.65. The summed E-state index contributed by atoms with van der Waals surface area (Å²) in [6.45, 7) is 4.50. The van der Waals surface area contributed by atoms with Gasteiger partial charge in [0, 0.05) is 16.5 Å². The van der Waals surface area contributed by atoms with E-state index in [2.05, 4.69) is 24.1 Å². The van der Waals surface area contributed by atoms with Crippen LogP contribution in [0.4, 0.5) is 0 Å². The van der Waals surface area contributed by atoms with Crippen LogP contribution in [0.2, 0.25) is 0 Å². The molecule has 1 fully saturated rings. The molecule has 0 saturated heterocycles. The van der Waals surface area contributed by atoms with Gasteiger partial charge in [-0.2, -0.15) is 0 Å². The molecule has 1 aromatic rings. The van der Waals surface area contributed by atoms with E-state index < -0.39 is 0 Å². The van der Waals surface area contributed by atoms with Gasteiger partial charge in [-0.1, -0.05) is 0 Å². The summed E-state index contributed by atoms with van der Waals surface area (Å²) in [6.07, 6.45) is 7.86. The number of aryl methyl sites for hydroxylation is 2. The topological polar surface area (TPSA) is 24.9 Å². The Labute approximate surface area is 101 Å². The summed E-state index contributed by atoms with van der Waals surface area (Å²) in [5.41, 5.74) is 1.78. The van der Waals surface area contributed by atoms with Crippen molar-refractivity contribution in [1.29, 1.82) is 0 Å². The Balaban J connectivity index is 1.81. The van der Waals surface area contributed by atoms with E-state index in [9.17, 15) is 0 Å². The molecule has 0 bridgehead atoms. The molecule has 88 valence electrons. The normalized spacial score (nSPS) is 27.2. The minimum Gasteiger partial charge on any atom is -0.304 e. The summed E-state index contributed by atoms with van der Waals surface area (Å²) in [4.78, 5) is 6.18. The van der Waals surface area contributed by atoms with Crippen molar-refractivity contribution in [3.05, 3.63) is 15.6 Å². The molecule has 2 aliphatic rings. The van der Waals surface area contributed by atoms with Crippen LogP contribution in [0.5, 0.6) is 0 Å². The molecule has 16 heavy (non-hydrogen) atoms. The van der Waals surface area contributed by atoms with Crippen molar-refractivity contribution in [3.8, 4) is 0 Å². The summed E-state index contributed by atoms with van der Waals surface area (Å²) in [6, 6.07) is 0.584. The van der Waals surface area contributed by atoms with Crippen LogP contribution < -0.4 is 5.32 Å². The van der Waals surface area contributed by atoms with Gasteiger partial charge in [-0.3, -0.25) is 0 Å². The molecule has 1 unspecified atom stereocenters. The number of thiazole rings is 1. The number of nitrogens with one attached hydrogen (secondary N) is 1. The molecule has 1 heterocycles. The maximum absolute atomic E-state index is 4.65. The molecule has 3 rings (SSSR count). The lowest BCUT2D eigenvalue weighted by Crippen LogP contribution is -2.50. The Bertz CT molecular complexity index is 393. The van der Waals surface area contributed by atoms with E-state index in [0.717, 1.165) is 0 Å². The number of rotatable bonds is 2. The Morgan fingerprint density at radius 2 is 2.19 bits per heavy atom. The zero-order valence-corrected chi connectivity index (χ0v) is 11.0. The number of nitrogens with zero attached hydrogens (tertiary/aromatic N) is 1. The zero-order valence-electron chi connectivity index (χ0n) is 10.2. The summed E-state index contributed by atoms with van der Waals surface area (Å²) in [7, 11) is 0. The van der Waals surface area contributed by atoms with Crippen LogP contribution in [0.1, 0.15) is 60.6 Å². The van der Waals surface area contributed by atoms with Crippen molar-refractivity contribution < 1.29 is 0 Å². The molecule has 1 atom stereocenters. The molecule has 3 heteroatoms. The summed E-state index contributed by atoms with van der Waals surface area (Å²) in [5.74, 6) is 0. The Kier molecular flexibility index (Phi) is 2.55. The average molecular weight is 236 g/mol. The van der Waals surface area contributed by atoms with E-state index in [1.165, 1.54) is 54.1 Å². The quantitative estimate of drug-likeness (QED) is 0.851. The molecular weight excluding hydrogens is 216 g/mol. The predicted octanol–water partition coefficient (Wildman–Crippen LogP) is 3.36. The summed E-state index contributed by atoms with van der Waals surface area (Å²) in [5, 5.41) is 5.11. The number of fused-ring (bicyclic) bond motifs is 1. The standard InChI is InChI=1S/C13H20N2S/c1-9-14-10-5-3-6-11(12(10)16-9)15-13(2)7-4-8-13/h11,15H,3-8H2,1-2H3. The van der Waals surface area contributed by atoms with E-state index in [1.807, 2.05) is 11.3 Å². The third-order valence-electron chi connectivity index (χ3n) is 4.04. The first-order valence-electron chi connectivity index (χ1n) is 6.40. The number of aromatic nitrogens is 1. The number of hydrogen-bond donors (Lipinski definition) is 1. The monoisotopic (exact) mass is 236 g/mol. The summed E-state index contributed by atoms with van der Waals surface area (Å²) < 4.78 is 0. The molecule has 2 aliphatic carbocycles. The van der Waals surface area contributed by atoms with Crippen LogP contribution in [-0.4, -0.2) is 10.5 Å². The largest absolute Gasteiger partial charge is 0.304 e. The highest BCUT2D eigenvalue weighted by molar-refractivity contribution is 7.11. The highest BCUT2D eigenvalue weighted by atomic mass is 32.1. The van der Waals surface area contributed by atoms with Crippen LogP contribution in [0.25, 0.3) is 0 Å². The van der Waals surface area contributed by atoms with Gasteiger partial charge < -0.3 is 5.32 Å². The van der Waals surface area contributed by atoms with Gasteiger partial charge in [0.05, 0.1) is 10.7 Å². The van der Waals surface area contributed by atoms with Crippen molar-refractivity contribution >= 4 is 11.3 Å². The van der Waals surface area contributed by atoms with E-state index >= 15 is 0 Å². The van der Waals surface area contributed by atoms with Crippen LogP contribution >= 0.6 is 11.3 Å². The van der Waals surface area contributed by atoms with Crippen molar-refractivity contribution in [2.24, 2.45) is 0 Å². The first-order chi connectivity index (χ1) is 7.66. The fourth-order valence-electron chi connectivity index (χ4n) is 2.95. The lowest BCUT2D eigenvalue weighted by atomic mass is 9.77. The highest BCUT2D eigenvalue weighted by Crippen LogP contribution is 2.39. The van der Waals surface area contributed by atoms with E-state index in [1.54, 1.807) is 0 Å². The van der Waals surface area contributed by atoms with E-state index in [0.29, 0.717) is 11.6 Å². The number of hydrogen-bond acceptors (Lipinski definition) is 3. The van der Waals surface area contributed by atoms with Crippen LogP contribution in [0.3, 0.4) is 0 Å². The molecule has 1 saturated carbocycles. The van der Waals surface area contributed by atoms with Crippen molar-refractivity contribution in [1.82, 2.24) is 10.3 Å². The van der Waals surface area contributed by atoms with Crippen LogP contribution in [-0.2, 0) is 6.42 Å². The second kappa shape index (κ2) is 3.81. The second-order valence-electron chi connectivity index (χ2n) is 5.55. The Morgan fingerprint density at radius 1 is 1.38 bits per heavy atom. The van der Waals surface area contributed by atoms with Gasteiger partial charge in [0.2, 0.25) is 0 Å². The molecular formula is C13H20N2S. The van der Waals surface area contributed by atoms with Gasteiger partial charge in [0.1, 0.15) is 0 Å². The van der Waals surface area contributed by atoms with Gasteiger partial charge in [0.25, 0.3) is 0 Å². The van der Waals surface area contributed by atoms with E-state index in [-0.39, 0.29) is 0 Å². The first kappa shape index (κ1) is 10.7. The smallest absolute Gasteiger partial charge is 0.0900 e. The fourth-order valence-corrected chi connectivity index (χ4v) is 4.01. The van der Waals surface area contributed by atoms with E-state index in [4.69, 9.17) is 0 Å². The SMILES string of the molecule is Cc1nc2c(s1)C(NC1(C)CCC1)CCC2. The first-order valence-corrected chi connectivity index (χ1v) is 7.22. The van der Waals surface area contributed by atoms with Gasteiger partial charge in [-0.25, -0.2) is 4.98 Å². The van der Waals surface area contributed by atoms with Gasteiger partial charge in [0.15, 0.2) is 0 Å². The molecule has 1 N–H and O–H groups in total. The molecule has 0 aromatic carbocycles. The Hall–Kier alpha value is -0.410. The molecule has 0 amide bonds. The minimum absolute atomic E-state index is 0.414. The predicted molar refractivity (Wildman–Crippen MR) is 67.9 cm³/mol. The molecule has 1 aromatic heterocycles. The molecule has 0 aliphatic heterocycles. The van der Waals surface area contributed by atoms with Crippen LogP contribution in [0.15, 0.2) is 0 Å². The molecule has 0 radical (unpaired) electrons. The molecule has 0 spiro atoms. The lowest BCUT2D eigenvalue weighted by molar-refractivity contribution is 0.179. The third-order valence-corrected chi connectivity index (χ3v) is 5.16. The summed E-state index contributed by atoms with van der Waals surface area (Å²) >= 11 is 1.90. The van der Waals surface area contributed by atoms with Gasteiger partial charge in [-0.15, -0.1) is 11.3 Å². The fraction of sp³-hybridized carbons (Fsp3) is 0.769. The van der Waals surface area contributed by atoms with Gasteiger partial charge in [-0.05, 0) is 52.4 Å². The lowest BCUT2D eigenvalue weighted by Gasteiger charge is -2.43. The molecule has 2 nitrogen and oxygen atoms in total. The van der Waals surface area contributed by atoms with Crippen LogP contribution in [0, 0.1) is 6.92 Å². The van der Waals surface area contributed by atoms with Gasteiger partial charge >= 0.3 is 0 Å². The third kappa shape index (κ3) is 1.80. The second-order valence-corrected chi connectivity index (χ2v) is 6.78. The Morgan fingerprint density at radius 3 is 2.88 bits per heavy atom. The highest BCUT2D eigenvalue weighted by Gasteiger charge is 2.35. The maximum Gasteiger partial charge on any atom is 0.0900 e. The van der Waals surface area contributed by atoms with Crippen molar-refractivity contribution in [2.75, 3.05) is 0 Å². The van der Waals surface area contributed by atoms with Crippen molar-refractivity contribution in [2.45, 2.75) is 64.0 Å². The van der Waals surface area contributed by atoms with Crippen molar-refractivity contribution in [3.63, 3.8) is 0 Å². The zero-order chi connectivity index (χ0) is 11.2. The average Bonchev–Trinajstić information content (AvgIpc) is 2.57.